The summed E-state index contributed by atoms with van der Waals surface area (Å²) in [4.78, 5) is 0. The lowest BCUT2D eigenvalue weighted by Gasteiger charge is -2.30. The lowest BCUT2D eigenvalue weighted by molar-refractivity contribution is -0.175. The molecule has 1 saturated heterocycles. The van der Waals surface area contributed by atoms with Crippen molar-refractivity contribution in [1.82, 2.24) is 0 Å². The van der Waals surface area contributed by atoms with Crippen molar-refractivity contribution >= 4 is 15.9 Å². The van der Waals surface area contributed by atoms with E-state index in [-0.39, 0.29) is 13.2 Å². The van der Waals surface area contributed by atoms with Gasteiger partial charge in [0.25, 0.3) is 0 Å². The second-order valence-electron chi connectivity index (χ2n) is 5.46. The van der Waals surface area contributed by atoms with Crippen LogP contribution in [0.25, 0.3) is 0 Å². The summed E-state index contributed by atoms with van der Waals surface area (Å²) in [5, 5.41) is 0. The maximum absolute atomic E-state index is 13.8. The number of fused-ring (bicyclic) bond motifs is 1. The van der Waals surface area contributed by atoms with Crippen molar-refractivity contribution in [3.8, 4) is 5.75 Å². The fraction of sp³-hybridized carbons (Fsp3) is 0.571. The summed E-state index contributed by atoms with van der Waals surface area (Å²) in [7, 11) is 0. The lowest BCUT2D eigenvalue weighted by Crippen LogP contribution is -2.42. The molecule has 3 nitrogen and oxygen atoms in total. The Morgan fingerprint density at radius 2 is 1.90 bits per heavy atom. The van der Waals surface area contributed by atoms with Crippen LogP contribution in [0.1, 0.15) is 13.8 Å². The average Bonchev–Trinajstić information content (AvgIpc) is 2.76. The van der Waals surface area contributed by atoms with Crippen LogP contribution in [0.2, 0.25) is 0 Å². The maximum atomic E-state index is 13.8. The fourth-order valence-electron chi connectivity index (χ4n) is 2.58. The molecule has 1 aliphatic heterocycles. The summed E-state index contributed by atoms with van der Waals surface area (Å²) in [5.41, 5.74) is -3.06. The second kappa shape index (κ2) is 4.39. The summed E-state index contributed by atoms with van der Waals surface area (Å²) in [6.07, 6.45) is -0.495. The Balaban J connectivity index is 1.60. The number of ether oxygens (including phenoxy) is 3. The Kier molecular flexibility index (Phi) is 3.12. The molecule has 6 heteroatoms. The molecule has 3 atom stereocenters. The zero-order valence-electron chi connectivity index (χ0n) is 11.2. The highest BCUT2D eigenvalue weighted by molar-refractivity contribution is 9.10. The van der Waals surface area contributed by atoms with Crippen LogP contribution in [0.15, 0.2) is 28.7 Å². The number of halogens is 3. The average molecular weight is 349 g/mol. The molecule has 2 aliphatic rings. The normalized spacial score (nSPS) is 38.1. The minimum atomic E-state index is -2.95. The highest BCUT2D eigenvalue weighted by Crippen LogP contribution is 2.67. The Bertz CT molecular complexity index is 522. The van der Waals surface area contributed by atoms with E-state index < -0.39 is 23.2 Å². The van der Waals surface area contributed by atoms with Gasteiger partial charge in [0.1, 0.15) is 18.5 Å². The largest absolute Gasteiger partial charge is 0.491 e. The van der Waals surface area contributed by atoms with Crippen molar-refractivity contribution in [3.05, 3.63) is 28.7 Å². The first-order valence-corrected chi connectivity index (χ1v) is 7.17. The number of rotatable bonds is 3. The molecule has 0 aromatic heterocycles. The van der Waals surface area contributed by atoms with Gasteiger partial charge in [-0.05, 0) is 38.1 Å². The third kappa shape index (κ3) is 1.81. The van der Waals surface area contributed by atoms with E-state index in [0.717, 1.165) is 4.47 Å². The smallest absolute Gasteiger partial charge is 0.310 e. The fourth-order valence-corrected chi connectivity index (χ4v) is 2.85. The summed E-state index contributed by atoms with van der Waals surface area (Å²) in [5.74, 6) is -2.29. The van der Waals surface area contributed by atoms with E-state index in [0.29, 0.717) is 5.75 Å². The summed E-state index contributed by atoms with van der Waals surface area (Å²) in [6, 6.07) is 7.29. The Morgan fingerprint density at radius 3 is 2.50 bits per heavy atom. The molecule has 1 aromatic carbocycles. The van der Waals surface area contributed by atoms with Gasteiger partial charge >= 0.3 is 5.92 Å². The van der Waals surface area contributed by atoms with Crippen molar-refractivity contribution in [2.24, 2.45) is 0 Å². The number of alkyl halides is 2. The van der Waals surface area contributed by atoms with E-state index in [9.17, 15) is 8.78 Å². The molecule has 110 valence electrons. The first-order chi connectivity index (χ1) is 9.30. The van der Waals surface area contributed by atoms with Gasteiger partial charge in [-0.3, -0.25) is 0 Å². The number of hydrogen-bond acceptors (Lipinski definition) is 3. The Labute approximate surface area is 124 Å². The Hall–Kier alpha value is -0.720. The SMILES string of the molecule is C[C@@]12O[C@H](COc3ccc(Br)cc3)CO[C@]1(C)C2(F)F. The minimum Gasteiger partial charge on any atom is -0.491 e. The van der Waals surface area contributed by atoms with E-state index >= 15 is 0 Å². The molecule has 0 amide bonds. The molecule has 1 heterocycles. The van der Waals surface area contributed by atoms with Crippen molar-refractivity contribution in [3.63, 3.8) is 0 Å². The van der Waals surface area contributed by atoms with Crippen LogP contribution >= 0.6 is 15.9 Å². The molecular formula is C14H15BrF2O3. The highest BCUT2D eigenvalue weighted by Gasteiger charge is 2.91. The van der Waals surface area contributed by atoms with Gasteiger partial charge in [-0.2, -0.15) is 8.78 Å². The molecule has 2 fully saturated rings. The van der Waals surface area contributed by atoms with Crippen LogP contribution in [0.5, 0.6) is 5.75 Å². The van der Waals surface area contributed by atoms with Gasteiger partial charge in [0.2, 0.25) is 0 Å². The summed E-state index contributed by atoms with van der Waals surface area (Å²) in [6.45, 7) is 3.07. The molecule has 0 N–H and O–H groups in total. The molecule has 0 radical (unpaired) electrons. The predicted molar refractivity (Wildman–Crippen MR) is 72.2 cm³/mol. The number of hydrogen-bond donors (Lipinski definition) is 0. The molecule has 0 bridgehead atoms. The summed E-state index contributed by atoms with van der Waals surface area (Å²) >= 11 is 3.33. The van der Waals surface area contributed by atoms with Gasteiger partial charge < -0.3 is 14.2 Å². The van der Waals surface area contributed by atoms with Gasteiger partial charge in [-0.25, -0.2) is 0 Å². The van der Waals surface area contributed by atoms with Gasteiger partial charge in [0.05, 0.1) is 6.61 Å². The van der Waals surface area contributed by atoms with E-state index in [4.69, 9.17) is 14.2 Å². The monoisotopic (exact) mass is 348 g/mol. The van der Waals surface area contributed by atoms with Gasteiger partial charge in [-0.1, -0.05) is 15.9 Å². The summed E-state index contributed by atoms with van der Waals surface area (Å²) < 4.78 is 44.8. The van der Waals surface area contributed by atoms with Crippen molar-refractivity contribution in [2.75, 3.05) is 13.2 Å². The van der Waals surface area contributed by atoms with Gasteiger partial charge in [0.15, 0.2) is 11.2 Å². The van der Waals surface area contributed by atoms with Crippen LogP contribution in [0.3, 0.4) is 0 Å². The third-order valence-corrected chi connectivity index (χ3v) is 4.78. The topological polar surface area (TPSA) is 27.7 Å². The van der Waals surface area contributed by atoms with E-state index in [1.54, 1.807) is 12.1 Å². The van der Waals surface area contributed by atoms with Crippen molar-refractivity contribution in [1.29, 1.82) is 0 Å². The first-order valence-electron chi connectivity index (χ1n) is 6.38. The van der Waals surface area contributed by atoms with Crippen LogP contribution in [0, 0.1) is 0 Å². The highest BCUT2D eigenvalue weighted by atomic mass is 79.9. The van der Waals surface area contributed by atoms with Crippen LogP contribution in [-0.2, 0) is 9.47 Å². The van der Waals surface area contributed by atoms with E-state index in [1.165, 1.54) is 13.8 Å². The van der Waals surface area contributed by atoms with Crippen molar-refractivity contribution in [2.45, 2.75) is 37.1 Å². The van der Waals surface area contributed by atoms with Gasteiger partial charge in [0, 0.05) is 4.47 Å². The molecule has 20 heavy (non-hydrogen) atoms. The molecule has 3 rings (SSSR count). The van der Waals surface area contributed by atoms with E-state index in [1.807, 2.05) is 12.1 Å². The first kappa shape index (κ1) is 14.2. The molecule has 1 saturated carbocycles. The zero-order chi connectivity index (χ0) is 14.6. The van der Waals surface area contributed by atoms with Crippen LogP contribution in [0.4, 0.5) is 8.78 Å². The number of benzene rings is 1. The maximum Gasteiger partial charge on any atom is 0.310 e. The van der Waals surface area contributed by atoms with Crippen LogP contribution in [-0.4, -0.2) is 36.4 Å². The predicted octanol–water partition coefficient (Wildman–Crippen LogP) is 3.41. The van der Waals surface area contributed by atoms with Gasteiger partial charge in [-0.15, -0.1) is 0 Å². The Morgan fingerprint density at radius 1 is 1.25 bits per heavy atom. The van der Waals surface area contributed by atoms with E-state index in [2.05, 4.69) is 15.9 Å². The quantitative estimate of drug-likeness (QED) is 0.837. The second-order valence-corrected chi connectivity index (χ2v) is 6.37. The molecule has 1 aliphatic carbocycles. The molecule has 0 spiro atoms. The zero-order valence-corrected chi connectivity index (χ0v) is 12.7. The third-order valence-electron chi connectivity index (χ3n) is 4.26. The van der Waals surface area contributed by atoms with Crippen molar-refractivity contribution < 1.29 is 23.0 Å². The molecule has 1 aromatic rings. The molecule has 0 unspecified atom stereocenters. The molecular weight excluding hydrogens is 334 g/mol. The lowest BCUT2D eigenvalue weighted by atomic mass is 10.2. The minimum absolute atomic E-state index is 0.109. The van der Waals surface area contributed by atoms with Crippen LogP contribution < -0.4 is 4.74 Å². The standard InChI is InChI=1S/C14H15BrF2O3/c1-12-13(2,14(12,16)17)20-11(8-19-12)7-18-10-5-3-9(15)4-6-10/h3-6,11H,7-8H2,1-2H3/t11-,12+,13-/m1/s1.